The number of Topliss-reactive ketones (excluding diaryl/α,β-unsaturated/α-hetero) is 1. The molecule has 7 nitrogen and oxygen atoms in total. The fourth-order valence-electron chi connectivity index (χ4n) is 5.11. The molecule has 5 aromatic rings. The highest BCUT2D eigenvalue weighted by Crippen LogP contribution is 2.44. The average Bonchev–Trinajstić information content (AvgIpc) is 3.62. The lowest BCUT2D eigenvalue weighted by molar-refractivity contribution is -0.132. The summed E-state index contributed by atoms with van der Waals surface area (Å²) in [4.78, 5) is 28.5. The summed E-state index contributed by atoms with van der Waals surface area (Å²) in [6, 6.07) is 29.9. The van der Waals surface area contributed by atoms with Gasteiger partial charge in [0, 0.05) is 11.3 Å². The van der Waals surface area contributed by atoms with E-state index in [1.54, 1.807) is 24.3 Å². The van der Waals surface area contributed by atoms with Gasteiger partial charge in [-0.3, -0.25) is 14.5 Å². The second-order valence-electron chi connectivity index (χ2n) is 11.0. The zero-order chi connectivity index (χ0) is 31.5. The van der Waals surface area contributed by atoms with Crippen LogP contribution in [0.5, 0.6) is 5.75 Å². The summed E-state index contributed by atoms with van der Waals surface area (Å²) in [5.74, 6) is -0.480. The third-order valence-corrected chi connectivity index (χ3v) is 9.67. The van der Waals surface area contributed by atoms with Crippen LogP contribution in [0.3, 0.4) is 0 Å². The summed E-state index contributed by atoms with van der Waals surface area (Å²) >= 11 is 2.77. The number of amides is 1. The van der Waals surface area contributed by atoms with E-state index in [9.17, 15) is 14.7 Å². The van der Waals surface area contributed by atoms with E-state index >= 15 is 0 Å². The molecule has 9 heteroatoms. The van der Waals surface area contributed by atoms with Crippen LogP contribution in [0.2, 0.25) is 0 Å². The number of ether oxygens (including phenoxy) is 1. The Bertz CT molecular complexity index is 1880. The second-order valence-corrected chi connectivity index (χ2v) is 13.2. The number of aliphatic hydroxyl groups is 1. The smallest absolute Gasteiger partial charge is 0.301 e. The molecule has 6 rings (SSSR count). The molecule has 0 saturated carbocycles. The van der Waals surface area contributed by atoms with Gasteiger partial charge in [0.15, 0.2) is 4.34 Å². The van der Waals surface area contributed by atoms with Crippen LogP contribution < -0.4 is 9.64 Å². The summed E-state index contributed by atoms with van der Waals surface area (Å²) in [7, 11) is 0. The Morgan fingerprint density at radius 1 is 0.844 bits per heavy atom. The Morgan fingerprint density at radius 3 is 2.22 bits per heavy atom. The van der Waals surface area contributed by atoms with Gasteiger partial charge < -0.3 is 9.84 Å². The molecule has 45 heavy (non-hydrogen) atoms. The molecular weight excluding hydrogens is 603 g/mol. The number of aliphatic hydroxyl groups excluding tert-OH is 1. The highest BCUT2D eigenvalue weighted by Gasteiger charge is 2.48. The maximum atomic E-state index is 13.6. The third kappa shape index (κ3) is 6.69. The largest absolute Gasteiger partial charge is 0.507 e. The fourth-order valence-corrected chi connectivity index (χ4v) is 6.94. The minimum atomic E-state index is -0.870. The molecule has 1 unspecified atom stereocenters. The predicted molar refractivity (Wildman–Crippen MR) is 179 cm³/mol. The molecule has 2 heterocycles. The molecule has 0 aliphatic carbocycles. The van der Waals surface area contributed by atoms with Crippen molar-refractivity contribution in [1.29, 1.82) is 0 Å². The number of ketones is 1. The highest BCUT2D eigenvalue weighted by molar-refractivity contribution is 8.00. The van der Waals surface area contributed by atoms with E-state index in [1.165, 1.54) is 33.6 Å². The molecule has 1 aliphatic heterocycles. The van der Waals surface area contributed by atoms with Crippen LogP contribution in [0.1, 0.15) is 45.0 Å². The number of carbonyl (C=O) groups excluding carboxylic acids is 2. The van der Waals surface area contributed by atoms with Crippen molar-refractivity contribution in [3.05, 3.63) is 142 Å². The van der Waals surface area contributed by atoms with Crippen molar-refractivity contribution in [2.75, 3.05) is 4.90 Å². The van der Waals surface area contributed by atoms with Gasteiger partial charge in [0.05, 0.1) is 11.6 Å². The molecule has 0 radical (unpaired) electrons. The second kappa shape index (κ2) is 13.1. The van der Waals surface area contributed by atoms with Crippen molar-refractivity contribution in [1.82, 2.24) is 10.2 Å². The van der Waals surface area contributed by atoms with E-state index in [-0.39, 0.29) is 11.3 Å². The fraction of sp³-hybridized carbons (Fsp3) is 0.167. The van der Waals surface area contributed by atoms with Crippen molar-refractivity contribution < 1.29 is 19.4 Å². The van der Waals surface area contributed by atoms with Gasteiger partial charge in [-0.1, -0.05) is 113 Å². The number of carbonyl (C=O) groups is 2. The van der Waals surface area contributed by atoms with Gasteiger partial charge in [-0.15, -0.1) is 10.2 Å². The van der Waals surface area contributed by atoms with Gasteiger partial charge in [0.25, 0.3) is 5.78 Å². The molecule has 1 saturated heterocycles. The number of aryl methyl sites for hydroxylation is 3. The number of aromatic nitrogens is 2. The molecule has 1 aromatic heterocycles. The Hall–Kier alpha value is -4.73. The molecular formula is C36H31N3O4S2. The summed E-state index contributed by atoms with van der Waals surface area (Å²) in [5.41, 5.74) is 6.66. The number of rotatable bonds is 9. The highest BCUT2D eigenvalue weighted by atomic mass is 32.2. The van der Waals surface area contributed by atoms with E-state index in [1.807, 2.05) is 63.2 Å². The standard InChI is InChI=1S/C36H31N3O4S2/c1-22-7-11-25(12-8-22)21-44-36-38-37-35(45-36)39-31(27-13-9-23(2)10-14-27)30(33(41)34(39)42)32(40)28-15-17-29(18-16-28)43-20-26-6-4-5-24(3)19-26/h4-19,31,40H,20-21H2,1-3H3/b32-30+. The quantitative estimate of drug-likeness (QED) is 0.0579. The Labute approximate surface area is 270 Å². The van der Waals surface area contributed by atoms with Gasteiger partial charge >= 0.3 is 5.91 Å². The first-order chi connectivity index (χ1) is 21.8. The molecule has 0 bridgehead atoms. The third-order valence-electron chi connectivity index (χ3n) is 7.54. The average molecular weight is 634 g/mol. The molecule has 226 valence electrons. The van der Waals surface area contributed by atoms with Crippen LogP contribution in [0.4, 0.5) is 5.13 Å². The van der Waals surface area contributed by atoms with Crippen LogP contribution in [0.15, 0.2) is 107 Å². The zero-order valence-corrected chi connectivity index (χ0v) is 26.7. The number of benzene rings is 4. The predicted octanol–water partition coefficient (Wildman–Crippen LogP) is 7.96. The van der Waals surface area contributed by atoms with E-state index < -0.39 is 17.7 Å². The van der Waals surface area contributed by atoms with Crippen molar-refractivity contribution in [3.8, 4) is 5.75 Å². The summed E-state index contributed by atoms with van der Waals surface area (Å²) < 4.78 is 6.61. The number of nitrogens with zero attached hydrogens (tertiary/aromatic N) is 3. The van der Waals surface area contributed by atoms with Gasteiger partial charge in [0.1, 0.15) is 18.1 Å². The van der Waals surface area contributed by atoms with Gasteiger partial charge in [-0.2, -0.15) is 0 Å². The first-order valence-corrected chi connectivity index (χ1v) is 16.3. The molecule has 1 atom stereocenters. The zero-order valence-electron chi connectivity index (χ0n) is 25.1. The minimum Gasteiger partial charge on any atom is -0.507 e. The van der Waals surface area contributed by atoms with Crippen LogP contribution in [0, 0.1) is 20.8 Å². The number of hydrogen-bond donors (Lipinski definition) is 1. The lowest BCUT2D eigenvalue weighted by Gasteiger charge is -2.22. The maximum Gasteiger partial charge on any atom is 0.301 e. The lowest BCUT2D eigenvalue weighted by Crippen LogP contribution is -2.29. The summed E-state index contributed by atoms with van der Waals surface area (Å²) in [6.45, 7) is 6.44. The number of anilines is 1. The Morgan fingerprint density at radius 2 is 1.53 bits per heavy atom. The van der Waals surface area contributed by atoms with Gasteiger partial charge in [-0.25, -0.2) is 0 Å². The van der Waals surface area contributed by atoms with Crippen molar-refractivity contribution in [2.24, 2.45) is 0 Å². The van der Waals surface area contributed by atoms with Crippen molar-refractivity contribution in [2.45, 2.75) is 43.5 Å². The Kier molecular flexibility index (Phi) is 8.82. The van der Waals surface area contributed by atoms with Crippen LogP contribution in [0.25, 0.3) is 5.76 Å². The normalized spacial score (nSPS) is 15.9. The first-order valence-electron chi connectivity index (χ1n) is 14.4. The van der Waals surface area contributed by atoms with Crippen LogP contribution in [-0.4, -0.2) is 27.0 Å². The van der Waals surface area contributed by atoms with Gasteiger partial charge in [-0.05, 0) is 61.7 Å². The van der Waals surface area contributed by atoms with Crippen molar-refractivity contribution in [3.63, 3.8) is 0 Å². The van der Waals surface area contributed by atoms with E-state index in [0.29, 0.717) is 38.7 Å². The SMILES string of the molecule is Cc1ccc(CSc2nnc(N3C(=O)C(=O)/C(=C(/O)c4ccc(OCc5cccc(C)c5)cc4)C3c3ccc(C)cc3)s2)cc1. The van der Waals surface area contributed by atoms with Crippen molar-refractivity contribution >= 4 is 45.7 Å². The van der Waals surface area contributed by atoms with Gasteiger partial charge in [0.2, 0.25) is 5.13 Å². The molecule has 0 spiro atoms. The van der Waals surface area contributed by atoms with Crippen LogP contribution in [-0.2, 0) is 21.9 Å². The number of thioether (sulfide) groups is 1. The first kappa shape index (κ1) is 30.3. The summed E-state index contributed by atoms with van der Waals surface area (Å²) in [6.07, 6.45) is 0. The Balaban J connectivity index is 1.29. The topological polar surface area (TPSA) is 92.6 Å². The van der Waals surface area contributed by atoms with E-state index in [0.717, 1.165) is 22.3 Å². The molecule has 1 amide bonds. The molecule has 1 fully saturated rings. The minimum absolute atomic E-state index is 0.00124. The van der Waals surface area contributed by atoms with E-state index in [4.69, 9.17) is 4.74 Å². The monoisotopic (exact) mass is 633 g/mol. The van der Waals surface area contributed by atoms with Crippen LogP contribution >= 0.6 is 23.1 Å². The van der Waals surface area contributed by atoms with E-state index in [2.05, 4.69) is 40.5 Å². The molecule has 4 aromatic carbocycles. The lowest BCUT2D eigenvalue weighted by atomic mass is 9.95. The summed E-state index contributed by atoms with van der Waals surface area (Å²) in [5, 5.41) is 20.4. The number of hydrogen-bond acceptors (Lipinski definition) is 8. The molecule has 1 aliphatic rings. The maximum absolute atomic E-state index is 13.6. The molecule has 1 N–H and O–H groups in total.